The maximum absolute atomic E-state index is 12.4. The van der Waals surface area contributed by atoms with Crippen LogP contribution in [0.5, 0.6) is 0 Å². The summed E-state index contributed by atoms with van der Waals surface area (Å²) in [6.07, 6.45) is 5.65. The molecule has 0 bridgehead atoms. The fraction of sp³-hybridized carbons (Fsp3) is 0.300. The van der Waals surface area contributed by atoms with Crippen molar-refractivity contribution in [3.8, 4) is 11.1 Å². The summed E-state index contributed by atoms with van der Waals surface area (Å²) >= 11 is 1.63. The molecule has 1 fully saturated rings. The number of nitrogens with zero attached hydrogens (tertiary/aromatic N) is 2. The van der Waals surface area contributed by atoms with Gasteiger partial charge >= 0.3 is 0 Å². The zero-order valence-electron chi connectivity index (χ0n) is 15.1. The molecule has 3 heterocycles. The van der Waals surface area contributed by atoms with Gasteiger partial charge in [-0.15, -0.1) is 0 Å². The fourth-order valence-electron chi connectivity index (χ4n) is 3.35. The Bertz CT molecular complexity index is 1220. The molecule has 0 amide bonds. The summed E-state index contributed by atoms with van der Waals surface area (Å²) in [5.74, 6) is 2.19. The Morgan fingerprint density at radius 3 is 2.93 bits per heavy atom. The van der Waals surface area contributed by atoms with Crippen LogP contribution in [-0.4, -0.2) is 15.3 Å². The minimum atomic E-state index is -0.151. The summed E-state index contributed by atoms with van der Waals surface area (Å²) in [5, 5.41) is 0.782. The largest absolute Gasteiger partial charge is 0.458 e. The van der Waals surface area contributed by atoms with Crippen molar-refractivity contribution in [2.24, 2.45) is 7.05 Å². The van der Waals surface area contributed by atoms with E-state index in [2.05, 4.69) is 17.7 Å². The summed E-state index contributed by atoms with van der Waals surface area (Å²) in [5.41, 5.74) is 4.56. The summed E-state index contributed by atoms with van der Waals surface area (Å²) < 4.78 is 16.5. The zero-order chi connectivity index (χ0) is 18.5. The number of benzene rings is 1. The number of furan rings is 1. The number of aromatic nitrogens is 2. The number of hydrogen-bond donors (Lipinski definition) is 1. The lowest BCUT2D eigenvalue weighted by Gasteiger charge is -2.10. The second-order valence-corrected chi connectivity index (χ2v) is 7.93. The average molecular weight is 381 g/mol. The summed E-state index contributed by atoms with van der Waals surface area (Å²) in [7, 11) is 1.73. The molecule has 1 N–H and O–H groups in total. The summed E-state index contributed by atoms with van der Waals surface area (Å²) in [4.78, 5) is 17.1. The lowest BCUT2D eigenvalue weighted by atomic mass is 10.0. The third-order valence-electron chi connectivity index (χ3n) is 4.85. The lowest BCUT2D eigenvalue weighted by molar-refractivity contribution is 0.534. The van der Waals surface area contributed by atoms with Crippen LogP contribution in [0.15, 0.2) is 44.3 Å². The van der Waals surface area contributed by atoms with E-state index in [0.29, 0.717) is 11.5 Å². The van der Waals surface area contributed by atoms with Crippen LogP contribution in [0.3, 0.4) is 0 Å². The van der Waals surface area contributed by atoms with Gasteiger partial charge in [0.25, 0.3) is 5.56 Å². The molecule has 138 valence electrons. The van der Waals surface area contributed by atoms with E-state index in [9.17, 15) is 4.79 Å². The Balaban J connectivity index is 1.79. The molecule has 0 spiro atoms. The monoisotopic (exact) mass is 381 g/mol. The molecule has 3 aromatic heterocycles. The maximum atomic E-state index is 12.4. The van der Waals surface area contributed by atoms with E-state index in [4.69, 9.17) is 13.8 Å². The third kappa shape index (κ3) is 2.73. The first-order chi connectivity index (χ1) is 13.2. The fourth-order valence-corrected chi connectivity index (χ4v) is 3.78. The van der Waals surface area contributed by atoms with Gasteiger partial charge < -0.3 is 18.1 Å². The van der Waals surface area contributed by atoms with Crippen molar-refractivity contribution in [3.05, 3.63) is 46.9 Å². The van der Waals surface area contributed by atoms with Gasteiger partial charge in [-0.2, -0.15) is 0 Å². The predicted octanol–water partition coefficient (Wildman–Crippen LogP) is 4.90. The van der Waals surface area contributed by atoms with Crippen molar-refractivity contribution in [1.29, 1.82) is 0 Å². The number of hydrogen-bond acceptors (Lipinski definition) is 6. The predicted molar refractivity (Wildman–Crippen MR) is 108 cm³/mol. The molecular formula is C20H19N3O3S. The molecule has 4 aromatic rings. The maximum Gasteiger partial charge on any atom is 0.293 e. The van der Waals surface area contributed by atoms with Gasteiger partial charge in [0.2, 0.25) is 0 Å². The van der Waals surface area contributed by atoms with E-state index in [1.54, 1.807) is 29.8 Å². The molecule has 0 aliphatic heterocycles. The lowest BCUT2D eigenvalue weighted by Crippen LogP contribution is -2.15. The van der Waals surface area contributed by atoms with Gasteiger partial charge in [0, 0.05) is 47.1 Å². The molecule has 0 atom stereocenters. The highest BCUT2D eigenvalue weighted by molar-refractivity contribution is 8.00. The molecule has 7 heteroatoms. The topological polar surface area (TPSA) is 73.2 Å². The van der Waals surface area contributed by atoms with Crippen LogP contribution in [0, 0.1) is 0 Å². The van der Waals surface area contributed by atoms with E-state index >= 15 is 0 Å². The van der Waals surface area contributed by atoms with Gasteiger partial charge in [0.05, 0.1) is 6.26 Å². The number of rotatable bonds is 5. The van der Waals surface area contributed by atoms with Gasteiger partial charge in [-0.25, -0.2) is 4.98 Å². The van der Waals surface area contributed by atoms with Crippen molar-refractivity contribution in [2.75, 3.05) is 10.5 Å². The molecule has 5 rings (SSSR count). The van der Waals surface area contributed by atoms with Crippen LogP contribution in [-0.2, 0) is 7.05 Å². The van der Waals surface area contributed by atoms with E-state index in [1.807, 2.05) is 18.3 Å². The van der Waals surface area contributed by atoms with Crippen LogP contribution < -0.4 is 10.3 Å². The smallest absolute Gasteiger partial charge is 0.293 e. The van der Waals surface area contributed by atoms with Crippen LogP contribution in [0.1, 0.15) is 31.6 Å². The van der Waals surface area contributed by atoms with Crippen molar-refractivity contribution in [3.63, 3.8) is 0 Å². The molecule has 1 aliphatic carbocycles. The standard InChI is InChI=1S/C20H19N3O3S/c1-3-27-22-12-8-14(17-16(9-12)21-19(26-17)11-4-5-11)15-10-23(2)20(24)18-13(15)6-7-25-18/h6-11,22H,3-5H2,1-2H3. The van der Waals surface area contributed by atoms with Crippen LogP contribution in [0.25, 0.3) is 33.2 Å². The highest BCUT2D eigenvalue weighted by Gasteiger charge is 2.30. The highest BCUT2D eigenvalue weighted by Crippen LogP contribution is 2.43. The van der Waals surface area contributed by atoms with Crippen molar-refractivity contribution >= 4 is 39.7 Å². The van der Waals surface area contributed by atoms with Crippen molar-refractivity contribution in [1.82, 2.24) is 9.55 Å². The number of pyridine rings is 1. The van der Waals surface area contributed by atoms with E-state index in [-0.39, 0.29) is 5.56 Å². The molecular weight excluding hydrogens is 362 g/mol. The second-order valence-electron chi connectivity index (χ2n) is 6.86. The Labute approximate surface area is 159 Å². The second kappa shape index (κ2) is 6.20. The molecule has 0 radical (unpaired) electrons. The number of aryl methyl sites for hydroxylation is 1. The van der Waals surface area contributed by atoms with Gasteiger partial charge in [-0.05, 0) is 31.0 Å². The SMILES string of the molecule is CCSNc1cc(-c2cn(C)c(=O)c3occc23)c2oc(C3CC3)nc2c1. The Morgan fingerprint density at radius 2 is 2.15 bits per heavy atom. The van der Waals surface area contributed by atoms with E-state index < -0.39 is 0 Å². The number of nitrogens with one attached hydrogen (secondary N) is 1. The number of fused-ring (bicyclic) bond motifs is 2. The molecule has 27 heavy (non-hydrogen) atoms. The van der Waals surface area contributed by atoms with Gasteiger partial charge in [0.15, 0.2) is 17.1 Å². The third-order valence-corrected chi connectivity index (χ3v) is 5.52. The molecule has 1 aliphatic rings. The van der Waals surface area contributed by atoms with E-state index in [1.165, 1.54) is 0 Å². The first kappa shape index (κ1) is 16.5. The van der Waals surface area contributed by atoms with Gasteiger partial charge in [-0.1, -0.05) is 18.9 Å². The Morgan fingerprint density at radius 1 is 1.30 bits per heavy atom. The van der Waals surface area contributed by atoms with Crippen LogP contribution >= 0.6 is 11.9 Å². The minimum Gasteiger partial charge on any atom is -0.458 e. The normalized spacial score (nSPS) is 14.3. The number of oxazole rings is 1. The molecule has 0 unspecified atom stereocenters. The number of anilines is 1. The Kier molecular flexibility index (Phi) is 3.79. The highest BCUT2D eigenvalue weighted by atomic mass is 32.2. The average Bonchev–Trinajstić information content (AvgIpc) is 3.24. The molecule has 1 aromatic carbocycles. The van der Waals surface area contributed by atoms with Crippen LogP contribution in [0.4, 0.5) is 5.69 Å². The van der Waals surface area contributed by atoms with Crippen molar-refractivity contribution in [2.45, 2.75) is 25.7 Å². The summed E-state index contributed by atoms with van der Waals surface area (Å²) in [6.45, 7) is 2.10. The Hall–Kier alpha value is -2.67. The minimum absolute atomic E-state index is 0.151. The van der Waals surface area contributed by atoms with Crippen molar-refractivity contribution < 1.29 is 8.83 Å². The van der Waals surface area contributed by atoms with Gasteiger partial charge in [0.1, 0.15) is 5.52 Å². The molecule has 6 nitrogen and oxygen atoms in total. The quantitative estimate of drug-likeness (QED) is 0.496. The van der Waals surface area contributed by atoms with Crippen LogP contribution in [0.2, 0.25) is 0 Å². The first-order valence-corrected chi connectivity index (χ1v) is 10.0. The summed E-state index contributed by atoms with van der Waals surface area (Å²) in [6, 6.07) is 5.90. The first-order valence-electron chi connectivity index (χ1n) is 9.05. The zero-order valence-corrected chi connectivity index (χ0v) is 15.9. The van der Waals surface area contributed by atoms with E-state index in [0.717, 1.165) is 57.8 Å². The molecule has 1 saturated carbocycles. The molecule has 0 saturated heterocycles. The van der Waals surface area contributed by atoms with Gasteiger partial charge in [-0.3, -0.25) is 4.79 Å².